The maximum Gasteiger partial charge on any atom is 0.0779 e. The van der Waals surface area contributed by atoms with Gasteiger partial charge in [0.15, 0.2) is 0 Å². The quantitative estimate of drug-likeness (QED) is 0.518. The lowest BCUT2D eigenvalue weighted by Crippen LogP contribution is -2.22. The molecule has 50 valence electrons. The fraction of sp³-hybridized carbons (Fsp3) is 0.667. The largest absolute Gasteiger partial charge is 0.388 e. The Morgan fingerprint density at radius 2 is 2.44 bits per heavy atom. The van der Waals surface area contributed by atoms with Gasteiger partial charge in [0, 0.05) is 13.1 Å². The van der Waals surface area contributed by atoms with Gasteiger partial charge in [0.1, 0.15) is 0 Å². The number of nitrogens with one attached hydrogen (secondary N) is 1. The molecule has 3 heteroatoms. The molecule has 0 aliphatic carbocycles. The van der Waals surface area contributed by atoms with Gasteiger partial charge < -0.3 is 11.1 Å². The molecule has 1 atom stereocenters. The highest BCUT2D eigenvalue weighted by Crippen LogP contribution is 2.03. The SMILES string of the molecule is [B]C(C)C(=C)NCCN. The number of rotatable bonds is 4. The molecule has 0 amide bonds. The Balaban J connectivity index is 3.28. The summed E-state index contributed by atoms with van der Waals surface area (Å²) in [4.78, 5) is 0. The van der Waals surface area contributed by atoms with Crippen molar-refractivity contribution in [2.75, 3.05) is 13.1 Å². The lowest BCUT2D eigenvalue weighted by molar-refractivity contribution is 0.768. The standard InChI is InChI=1S/C6H13BN2/c1-5(7)6(2)9-4-3-8/h5,9H,2-4,8H2,1H3. The summed E-state index contributed by atoms with van der Waals surface area (Å²) in [5, 5.41) is 2.99. The molecule has 0 aromatic carbocycles. The third-order valence-electron chi connectivity index (χ3n) is 1.05. The summed E-state index contributed by atoms with van der Waals surface area (Å²) in [6, 6.07) is 0. The minimum absolute atomic E-state index is 0.0107. The molecule has 9 heavy (non-hydrogen) atoms. The summed E-state index contributed by atoms with van der Waals surface area (Å²) in [5.74, 6) is 0.0107. The van der Waals surface area contributed by atoms with Gasteiger partial charge >= 0.3 is 0 Å². The van der Waals surface area contributed by atoms with E-state index in [2.05, 4.69) is 11.9 Å². The average molecular weight is 124 g/mol. The Morgan fingerprint density at radius 3 is 2.78 bits per heavy atom. The molecule has 0 spiro atoms. The van der Waals surface area contributed by atoms with Crippen molar-refractivity contribution in [3.05, 3.63) is 12.3 Å². The van der Waals surface area contributed by atoms with Crippen molar-refractivity contribution in [3.8, 4) is 0 Å². The summed E-state index contributed by atoms with van der Waals surface area (Å²) < 4.78 is 0. The molecular weight excluding hydrogens is 111 g/mol. The second kappa shape index (κ2) is 4.44. The number of hydrogen-bond donors (Lipinski definition) is 2. The van der Waals surface area contributed by atoms with Gasteiger partial charge in [-0.05, 0) is 11.5 Å². The molecule has 0 fully saturated rings. The highest BCUT2D eigenvalue weighted by molar-refractivity contribution is 6.13. The predicted molar refractivity (Wildman–Crippen MR) is 41.4 cm³/mol. The van der Waals surface area contributed by atoms with Gasteiger partial charge in [-0.3, -0.25) is 0 Å². The molecule has 0 aliphatic heterocycles. The maximum atomic E-state index is 5.47. The van der Waals surface area contributed by atoms with Gasteiger partial charge in [0.2, 0.25) is 0 Å². The van der Waals surface area contributed by atoms with Crippen LogP contribution in [0.15, 0.2) is 12.3 Å². The van der Waals surface area contributed by atoms with Crippen LogP contribution in [-0.2, 0) is 0 Å². The van der Waals surface area contributed by atoms with Gasteiger partial charge in [-0.2, -0.15) is 0 Å². The van der Waals surface area contributed by atoms with Crippen LogP contribution in [0.3, 0.4) is 0 Å². The summed E-state index contributed by atoms with van der Waals surface area (Å²) in [6.45, 7) is 6.95. The Bertz CT molecular complexity index is 91.1. The fourth-order valence-electron chi connectivity index (χ4n) is 0.394. The van der Waals surface area contributed by atoms with E-state index in [4.69, 9.17) is 13.6 Å². The van der Waals surface area contributed by atoms with Crippen molar-refractivity contribution in [2.24, 2.45) is 5.73 Å². The zero-order valence-corrected chi connectivity index (χ0v) is 5.85. The first-order chi connectivity index (χ1) is 4.18. The van der Waals surface area contributed by atoms with Crippen LogP contribution >= 0.6 is 0 Å². The molecular formula is C6H13BN2. The molecule has 2 radical (unpaired) electrons. The van der Waals surface area contributed by atoms with Crippen LogP contribution in [0.4, 0.5) is 0 Å². The van der Waals surface area contributed by atoms with Gasteiger partial charge in [-0.1, -0.05) is 13.5 Å². The Labute approximate surface area is 57.9 Å². The Kier molecular flexibility index (Phi) is 4.23. The van der Waals surface area contributed by atoms with Crippen LogP contribution < -0.4 is 11.1 Å². The van der Waals surface area contributed by atoms with Crippen LogP contribution in [0.1, 0.15) is 6.92 Å². The first-order valence-corrected chi connectivity index (χ1v) is 3.06. The second-order valence-electron chi connectivity index (χ2n) is 2.03. The summed E-state index contributed by atoms with van der Waals surface area (Å²) in [6.07, 6.45) is 0. The van der Waals surface area contributed by atoms with E-state index in [0.717, 1.165) is 12.2 Å². The number of allylic oxidation sites excluding steroid dienone is 1. The monoisotopic (exact) mass is 124 g/mol. The average Bonchev–Trinajstić information content (AvgIpc) is 1.82. The number of nitrogens with two attached hydrogens (primary N) is 1. The predicted octanol–water partition coefficient (Wildman–Crippen LogP) is 0.0253. The van der Waals surface area contributed by atoms with E-state index in [1.165, 1.54) is 0 Å². The van der Waals surface area contributed by atoms with Crippen molar-refractivity contribution in [3.63, 3.8) is 0 Å². The third-order valence-corrected chi connectivity index (χ3v) is 1.05. The fourth-order valence-corrected chi connectivity index (χ4v) is 0.394. The van der Waals surface area contributed by atoms with Crippen molar-refractivity contribution in [2.45, 2.75) is 12.7 Å². The second-order valence-corrected chi connectivity index (χ2v) is 2.03. The van der Waals surface area contributed by atoms with E-state index in [9.17, 15) is 0 Å². The topological polar surface area (TPSA) is 38.0 Å². The van der Waals surface area contributed by atoms with Crippen molar-refractivity contribution in [1.29, 1.82) is 0 Å². The van der Waals surface area contributed by atoms with E-state index < -0.39 is 0 Å². The molecule has 2 nitrogen and oxygen atoms in total. The van der Waals surface area contributed by atoms with Crippen molar-refractivity contribution < 1.29 is 0 Å². The number of hydrogen-bond acceptors (Lipinski definition) is 2. The van der Waals surface area contributed by atoms with Crippen LogP contribution in [0, 0.1) is 0 Å². The van der Waals surface area contributed by atoms with Crippen LogP contribution in [0.2, 0.25) is 5.82 Å². The smallest absolute Gasteiger partial charge is 0.0779 e. The molecule has 0 aliphatic rings. The summed E-state index contributed by atoms with van der Waals surface area (Å²) in [7, 11) is 5.47. The lowest BCUT2D eigenvalue weighted by Gasteiger charge is -2.10. The van der Waals surface area contributed by atoms with E-state index in [-0.39, 0.29) is 5.82 Å². The van der Waals surface area contributed by atoms with Crippen molar-refractivity contribution in [1.82, 2.24) is 5.32 Å². The normalized spacial score (nSPS) is 12.7. The minimum Gasteiger partial charge on any atom is -0.388 e. The van der Waals surface area contributed by atoms with Gasteiger partial charge in [-0.15, -0.1) is 0 Å². The highest BCUT2D eigenvalue weighted by Gasteiger charge is 1.95. The van der Waals surface area contributed by atoms with E-state index in [1.54, 1.807) is 0 Å². The molecule has 0 aromatic heterocycles. The van der Waals surface area contributed by atoms with Crippen molar-refractivity contribution >= 4 is 7.85 Å². The van der Waals surface area contributed by atoms with Gasteiger partial charge in [0.25, 0.3) is 0 Å². The van der Waals surface area contributed by atoms with E-state index in [1.807, 2.05) is 6.92 Å². The molecule has 1 unspecified atom stereocenters. The highest BCUT2D eigenvalue weighted by atomic mass is 14.9. The van der Waals surface area contributed by atoms with E-state index >= 15 is 0 Å². The molecule has 0 heterocycles. The zero-order valence-electron chi connectivity index (χ0n) is 5.85. The molecule has 0 aromatic rings. The van der Waals surface area contributed by atoms with E-state index in [0.29, 0.717) is 6.54 Å². The molecule has 0 saturated carbocycles. The van der Waals surface area contributed by atoms with Crippen LogP contribution in [0.5, 0.6) is 0 Å². The van der Waals surface area contributed by atoms with Gasteiger partial charge in [-0.25, -0.2) is 0 Å². The molecule has 3 N–H and O–H groups in total. The third kappa shape index (κ3) is 4.09. The van der Waals surface area contributed by atoms with Gasteiger partial charge in [0.05, 0.1) is 7.85 Å². The Morgan fingerprint density at radius 1 is 1.89 bits per heavy atom. The summed E-state index contributed by atoms with van der Waals surface area (Å²) in [5.41, 5.74) is 6.08. The maximum absolute atomic E-state index is 5.47. The molecule has 0 saturated heterocycles. The first kappa shape index (κ1) is 8.56. The van der Waals surface area contributed by atoms with Crippen LogP contribution in [0.25, 0.3) is 0 Å². The van der Waals surface area contributed by atoms with Crippen LogP contribution in [-0.4, -0.2) is 20.9 Å². The zero-order chi connectivity index (χ0) is 7.28. The summed E-state index contributed by atoms with van der Waals surface area (Å²) >= 11 is 0. The minimum atomic E-state index is 0.0107. The first-order valence-electron chi connectivity index (χ1n) is 3.06. The molecule has 0 rings (SSSR count). The lowest BCUT2D eigenvalue weighted by atomic mass is 9.87. The Hall–Kier alpha value is -0.435. The molecule has 0 bridgehead atoms.